The number of amides is 1. The van der Waals surface area contributed by atoms with Crippen LogP contribution in [0, 0.1) is 18.8 Å². The van der Waals surface area contributed by atoms with Crippen LogP contribution >= 0.6 is 0 Å². The monoisotopic (exact) mass is 233 g/mol. The standard InChI is InChI=1S/C14H19NO2/c1-9-4-3-5-12(13(9)16)14(17)15-8-10(2)11-6-7-11/h3-5,10-11,16H,6-8H2,1-2H3,(H,15,17). The van der Waals surface area contributed by atoms with E-state index in [1.54, 1.807) is 25.1 Å². The van der Waals surface area contributed by atoms with E-state index >= 15 is 0 Å². The van der Waals surface area contributed by atoms with Gasteiger partial charge in [0.2, 0.25) is 0 Å². The van der Waals surface area contributed by atoms with Gasteiger partial charge in [-0.1, -0.05) is 19.1 Å². The lowest BCUT2D eigenvalue weighted by Crippen LogP contribution is -2.29. The molecule has 1 amide bonds. The Hall–Kier alpha value is -1.51. The van der Waals surface area contributed by atoms with Crippen LogP contribution < -0.4 is 5.32 Å². The number of carbonyl (C=O) groups is 1. The number of hydrogen-bond acceptors (Lipinski definition) is 2. The van der Waals surface area contributed by atoms with Crippen molar-refractivity contribution < 1.29 is 9.90 Å². The van der Waals surface area contributed by atoms with Gasteiger partial charge < -0.3 is 10.4 Å². The second-order valence-corrected chi connectivity index (χ2v) is 5.00. The van der Waals surface area contributed by atoms with E-state index in [9.17, 15) is 9.90 Å². The van der Waals surface area contributed by atoms with E-state index in [-0.39, 0.29) is 11.7 Å². The molecule has 1 unspecified atom stereocenters. The summed E-state index contributed by atoms with van der Waals surface area (Å²) < 4.78 is 0. The van der Waals surface area contributed by atoms with Crippen LogP contribution in [-0.4, -0.2) is 17.6 Å². The molecule has 0 spiro atoms. The van der Waals surface area contributed by atoms with Crippen molar-refractivity contribution in [3.05, 3.63) is 29.3 Å². The molecule has 1 aliphatic carbocycles. The molecule has 1 atom stereocenters. The molecule has 0 aliphatic heterocycles. The lowest BCUT2D eigenvalue weighted by atomic mass is 10.1. The summed E-state index contributed by atoms with van der Waals surface area (Å²) in [6.07, 6.45) is 2.57. The third-order valence-electron chi connectivity index (χ3n) is 3.49. The second-order valence-electron chi connectivity index (χ2n) is 5.00. The minimum Gasteiger partial charge on any atom is -0.507 e. The van der Waals surface area contributed by atoms with E-state index < -0.39 is 0 Å². The highest BCUT2D eigenvalue weighted by atomic mass is 16.3. The van der Waals surface area contributed by atoms with Crippen LogP contribution in [-0.2, 0) is 0 Å². The van der Waals surface area contributed by atoms with Crippen LogP contribution in [0.2, 0.25) is 0 Å². The van der Waals surface area contributed by atoms with Crippen molar-refractivity contribution in [3.63, 3.8) is 0 Å². The van der Waals surface area contributed by atoms with E-state index in [0.29, 0.717) is 18.0 Å². The average Bonchev–Trinajstić information content (AvgIpc) is 3.13. The van der Waals surface area contributed by atoms with Crippen LogP contribution in [0.15, 0.2) is 18.2 Å². The van der Waals surface area contributed by atoms with Gasteiger partial charge in [0.25, 0.3) is 5.91 Å². The van der Waals surface area contributed by atoms with Crippen LogP contribution in [0.25, 0.3) is 0 Å². The van der Waals surface area contributed by atoms with Gasteiger partial charge in [-0.2, -0.15) is 0 Å². The summed E-state index contributed by atoms with van der Waals surface area (Å²) in [5.41, 5.74) is 1.10. The van der Waals surface area contributed by atoms with E-state index in [1.165, 1.54) is 12.8 Å². The quantitative estimate of drug-likeness (QED) is 0.839. The highest BCUT2D eigenvalue weighted by Gasteiger charge is 2.28. The summed E-state index contributed by atoms with van der Waals surface area (Å²) >= 11 is 0. The third-order valence-corrected chi connectivity index (χ3v) is 3.49. The molecule has 1 aromatic carbocycles. The van der Waals surface area contributed by atoms with Gasteiger partial charge in [-0.3, -0.25) is 4.79 Å². The lowest BCUT2D eigenvalue weighted by molar-refractivity contribution is 0.0944. The fourth-order valence-corrected chi connectivity index (χ4v) is 2.02. The van der Waals surface area contributed by atoms with Crippen molar-refractivity contribution in [1.29, 1.82) is 0 Å². The first-order chi connectivity index (χ1) is 8.09. The average molecular weight is 233 g/mol. The van der Waals surface area contributed by atoms with Gasteiger partial charge in [-0.25, -0.2) is 0 Å². The van der Waals surface area contributed by atoms with Gasteiger partial charge in [0.05, 0.1) is 5.56 Å². The number of benzene rings is 1. The summed E-state index contributed by atoms with van der Waals surface area (Å²) in [6, 6.07) is 5.23. The zero-order valence-electron chi connectivity index (χ0n) is 10.4. The molecule has 3 nitrogen and oxygen atoms in total. The molecule has 1 aromatic rings. The van der Waals surface area contributed by atoms with E-state index in [0.717, 1.165) is 11.5 Å². The highest BCUT2D eigenvalue weighted by Crippen LogP contribution is 2.36. The lowest BCUT2D eigenvalue weighted by Gasteiger charge is -2.12. The predicted octanol–water partition coefficient (Wildman–Crippen LogP) is 2.48. The third kappa shape index (κ3) is 2.78. The molecule has 3 heteroatoms. The molecule has 1 aliphatic rings. The molecular formula is C14H19NO2. The fourth-order valence-electron chi connectivity index (χ4n) is 2.02. The SMILES string of the molecule is Cc1cccc(C(=O)NCC(C)C2CC2)c1O. The van der Waals surface area contributed by atoms with Crippen molar-refractivity contribution in [1.82, 2.24) is 5.32 Å². The van der Waals surface area contributed by atoms with Crippen molar-refractivity contribution in [2.24, 2.45) is 11.8 Å². The predicted molar refractivity (Wildman–Crippen MR) is 67.1 cm³/mol. The van der Waals surface area contributed by atoms with Crippen molar-refractivity contribution in [2.75, 3.05) is 6.54 Å². The summed E-state index contributed by atoms with van der Waals surface area (Å²) in [6.45, 7) is 4.64. The molecule has 0 bridgehead atoms. The zero-order valence-corrected chi connectivity index (χ0v) is 10.4. The number of nitrogens with one attached hydrogen (secondary N) is 1. The minimum atomic E-state index is -0.182. The molecule has 0 heterocycles. The van der Waals surface area contributed by atoms with E-state index in [4.69, 9.17) is 0 Å². The normalized spacial score (nSPS) is 16.6. The Bertz CT molecular complexity index is 424. The topological polar surface area (TPSA) is 49.3 Å². The van der Waals surface area contributed by atoms with Crippen LogP contribution in [0.3, 0.4) is 0 Å². The molecule has 0 aromatic heterocycles. The summed E-state index contributed by atoms with van der Waals surface area (Å²) in [4.78, 5) is 11.9. The molecule has 17 heavy (non-hydrogen) atoms. The maximum absolute atomic E-state index is 11.9. The molecule has 92 valence electrons. The Morgan fingerprint density at radius 3 is 2.88 bits per heavy atom. The van der Waals surface area contributed by atoms with E-state index in [2.05, 4.69) is 12.2 Å². The number of aromatic hydroxyl groups is 1. The van der Waals surface area contributed by atoms with Gasteiger partial charge in [0.15, 0.2) is 0 Å². The number of carbonyl (C=O) groups excluding carboxylic acids is 1. The Balaban J connectivity index is 1.96. The number of aryl methyl sites for hydroxylation is 1. The first kappa shape index (κ1) is 12.0. The second kappa shape index (κ2) is 4.78. The largest absolute Gasteiger partial charge is 0.507 e. The first-order valence-electron chi connectivity index (χ1n) is 6.16. The maximum atomic E-state index is 11.9. The van der Waals surface area contributed by atoms with Crippen LogP contribution in [0.4, 0.5) is 0 Å². The Kier molecular flexibility index (Phi) is 3.36. The van der Waals surface area contributed by atoms with Crippen molar-refractivity contribution in [2.45, 2.75) is 26.7 Å². The minimum absolute atomic E-state index is 0.0871. The number of hydrogen-bond donors (Lipinski definition) is 2. The first-order valence-corrected chi connectivity index (χ1v) is 6.16. The van der Waals surface area contributed by atoms with E-state index in [1.807, 2.05) is 0 Å². The number of para-hydroxylation sites is 1. The molecule has 1 saturated carbocycles. The summed E-state index contributed by atoms with van der Waals surface area (Å²) in [5, 5.41) is 12.7. The molecular weight excluding hydrogens is 214 g/mol. The smallest absolute Gasteiger partial charge is 0.255 e. The Morgan fingerprint density at radius 1 is 1.53 bits per heavy atom. The van der Waals surface area contributed by atoms with Gasteiger partial charge in [0, 0.05) is 6.54 Å². The molecule has 2 N–H and O–H groups in total. The number of phenolic OH excluding ortho intramolecular Hbond substituents is 1. The molecule has 2 rings (SSSR count). The Morgan fingerprint density at radius 2 is 2.24 bits per heavy atom. The zero-order chi connectivity index (χ0) is 12.4. The van der Waals surface area contributed by atoms with Gasteiger partial charge in [0.1, 0.15) is 5.75 Å². The molecule has 1 fully saturated rings. The van der Waals surface area contributed by atoms with Crippen LogP contribution in [0.1, 0.15) is 35.7 Å². The number of phenols is 1. The van der Waals surface area contributed by atoms with Gasteiger partial charge in [-0.05, 0) is 43.2 Å². The molecule has 0 saturated heterocycles. The maximum Gasteiger partial charge on any atom is 0.255 e. The summed E-state index contributed by atoms with van der Waals surface area (Å²) in [5.74, 6) is 1.22. The number of rotatable bonds is 4. The summed E-state index contributed by atoms with van der Waals surface area (Å²) in [7, 11) is 0. The fraction of sp³-hybridized carbons (Fsp3) is 0.500. The van der Waals surface area contributed by atoms with Crippen molar-refractivity contribution >= 4 is 5.91 Å². The van der Waals surface area contributed by atoms with Crippen molar-refractivity contribution in [3.8, 4) is 5.75 Å². The van der Waals surface area contributed by atoms with Gasteiger partial charge in [-0.15, -0.1) is 0 Å². The molecule has 0 radical (unpaired) electrons. The van der Waals surface area contributed by atoms with Crippen LogP contribution in [0.5, 0.6) is 5.75 Å². The highest BCUT2D eigenvalue weighted by molar-refractivity contribution is 5.97. The Labute approximate surface area is 102 Å². The van der Waals surface area contributed by atoms with Gasteiger partial charge >= 0.3 is 0 Å².